The molecular weight excluding hydrogens is 443 g/mol. The van der Waals surface area contributed by atoms with Crippen molar-refractivity contribution in [3.8, 4) is 0 Å². The maximum atomic E-state index is 13.2. The quantitative estimate of drug-likeness (QED) is 0.450. The van der Waals surface area contributed by atoms with Gasteiger partial charge in [-0.1, -0.05) is 39.7 Å². The zero-order chi connectivity index (χ0) is 21.5. The maximum absolute atomic E-state index is 13.2. The second kappa shape index (κ2) is 10.7. The molecule has 0 saturated carbocycles. The van der Waals surface area contributed by atoms with Crippen LogP contribution < -0.4 is 0 Å². The van der Waals surface area contributed by atoms with E-state index in [1.165, 1.54) is 23.3 Å². The first-order valence-corrected chi connectivity index (χ1v) is 10.4. The molecule has 2 aromatic carbocycles. The van der Waals surface area contributed by atoms with Crippen molar-refractivity contribution in [3.05, 3.63) is 68.4 Å². The first-order valence-electron chi connectivity index (χ1n) is 9.24. The summed E-state index contributed by atoms with van der Waals surface area (Å²) in [7, 11) is 0. The number of benzene rings is 2. The summed E-state index contributed by atoms with van der Waals surface area (Å²) in [5, 5.41) is 0.527. The summed E-state index contributed by atoms with van der Waals surface area (Å²) in [6, 6.07) is 10.8. The molecule has 156 valence electrons. The molecule has 0 bridgehead atoms. The molecule has 0 radical (unpaired) electrons. The topological polar surface area (TPSA) is 18.5 Å². The van der Waals surface area contributed by atoms with Gasteiger partial charge >= 0.3 is 0 Å². The Hall–Kier alpha value is -0.940. The van der Waals surface area contributed by atoms with Crippen molar-refractivity contribution in [1.29, 1.82) is 0 Å². The molecule has 0 amide bonds. The highest BCUT2D eigenvalue weighted by molar-refractivity contribution is 9.10. The molecule has 0 aliphatic carbocycles. The highest BCUT2D eigenvalue weighted by atomic mass is 79.9. The van der Waals surface area contributed by atoms with E-state index in [1.54, 1.807) is 6.07 Å². The minimum Gasteiger partial charge on any atom is -0.371 e. The van der Waals surface area contributed by atoms with Crippen molar-refractivity contribution in [3.63, 3.8) is 0 Å². The highest BCUT2D eigenvalue weighted by Gasteiger charge is 2.12. The lowest BCUT2D eigenvalue weighted by Gasteiger charge is -2.19. The maximum Gasteiger partial charge on any atom is 0.128 e. The number of hydrogen-bond acceptors (Lipinski definition) is 2. The first-order chi connectivity index (χ1) is 12.8. The smallest absolute Gasteiger partial charge is 0.128 e. The van der Waals surface area contributed by atoms with Gasteiger partial charge in [0.25, 0.3) is 0 Å². The van der Waals surface area contributed by atoms with Crippen LogP contribution in [0.25, 0.3) is 0 Å². The van der Waals surface area contributed by atoms with Crippen LogP contribution in [0.3, 0.4) is 0 Å². The summed E-state index contributed by atoms with van der Waals surface area (Å²) in [6.07, 6.45) is 0. The van der Waals surface area contributed by atoms with Crippen molar-refractivity contribution in [2.45, 2.75) is 72.9 Å². The SMILES string of the molecule is CC(C)(C)OCc1cc(Cl)ccc1F.Cc1ccc(COC(C)(C)C)cc1Br. The second-order valence-electron chi connectivity index (χ2n) is 8.62. The summed E-state index contributed by atoms with van der Waals surface area (Å²) in [5.74, 6) is -0.279. The van der Waals surface area contributed by atoms with Crippen molar-refractivity contribution in [1.82, 2.24) is 0 Å². The van der Waals surface area contributed by atoms with Crippen molar-refractivity contribution >= 4 is 27.5 Å². The van der Waals surface area contributed by atoms with Crippen LogP contribution >= 0.6 is 27.5 Å². The Labute approximate surface area is 182 Å². The first kappa shape index (κ1) is 25.1. The molecular formula is C23H31BrClFO2. The fraction of sp³-hybridized carbons (Fsp3) is 0.478. The minimum atomic E-state index is -0.279. The molecule has 0 aliphatic heterocycles. The van der Waals surface area contributed by atoms with E-state index in [2.05, 4.69) is 61.8 Å². The van der Waals surface area contributed by atoms with E-state index < -0.39 is 0 Å². The largest absolute Gasteiger partial charge is 0.371 e. The van der Waals surface area contributed by atoms with E-state index in [-0.39, 0.29) is 23.6 Å². The monoisotopic (exact) mass is 472 g/mol. The minimum absolute atomic E-state index is 0.0721. The summed E-state index contributed by atoms with van der Waals surface area (Å²) >= 11 is 9.26. The zero-order valence-electron chi connectivity index (χ0n) is 17.8. The molecule has 2 rings (SSSR count). The molecule has 0 spiro atoms. The number of halogens is 3. The van der Waals surface area contributed by atoms with E-state index in [0.717, 1.165) is 4.47 Å². The molecule has 0 aromatic heterocycles. The molecule has 0 saturated heterocycles. The second-order valence-corrected chi connectivity index (χ2v) is 9.91. The van der Waals surface area contributed by atoms with Gasteiger partial charge in [0.1, 0.15) is 5.82 Å². The Bertz CT molecular complexity index is 764. The molecule has 0 N–H and O–H groups in total. The lowest BCUT2D eigenvalue weighted by atomic mass is 10.1. The van der Waals surface area contributed by atoms with Gasteiger partial charge in [-0.15, -0.1) is 0 Å². The van der Waals surface area contributed by atoms with Gasteiger partial charge in [-0.25, -0.2) is 4.39 Å². The number of aryl methyl sites for hydroxylation is 1. The van der Waals surface area contributed by atoms with Gasteiger partial charge in [0.15, 0.2) is 0 Å². The third-order valence-corrected chi connectivity index (χ3v) is 4.67. The third-order valence-electron chi connectivity index (χ3n) is 3.58. The van der Waals surface area contributed by atoms with Gasteiger partial charge < -0.3 is 9.47 Å². The summed E-state index contributed by atoms with van der Waals surface area (Å²) in [5.41, 5.74) is 2.61. The van der Waals surface area contributed by atoms with Crippen LogP contribution in [0.1, 0.15) is 58.2 Å². The third kappa shape index (κ3) is 10.6. The van der Waals surface area contributed by atoms with E-state index >= 15 is 0 Å². The Morgan fingerprint density at radius 3 is 2.00 bits per heavy atom. The zero-order valence-corrected chi connectivity index (χ0v) is 20.2. The van der Waals surface area contributed by atoms with Crippen molar-refractivity contribution in [2.24, 2.45) is 0 Å². The van der Waals surface area contributed by atoms with Crippen LogP contribution in [0.4, 0.5) is 4.39 Å². The predicted molar refractivity (Wildman–Crippen MR) is 119 cm³/mol. The van der Waals surface area contributed by atoms with E-state index in [9.17, 15) is 4.39 Å². The molecule has 0 aliphatic rings. The summed E-state index contributed by atoms with van der Waals surface area (Å²) < 4.78 is 25.5. The Balaban J connectivity index is 0.000000280. The van der Waals surface area contributed by atoms with Crippen LogP contribution in [0, 0.1) is 12.7 Å². The molecule has 0 unspecified atom stereocenters. The van der Waals surface area contributed by atoms with Crippen molar-refractivity contribution < 1.29 is 13.9 Å². The summed E-state index contributed by atoms with van der Waals surface area (Å²) in [4.78, 5) is 0. The predicted octanol–water partition coefficient (Wildman–Crippen LogP) is 7.87. The van der Waals surface area contributed by atoms with Crippen LogP contribution in [0.15, 0.2) is 40.9 Å². The fourth-order valence-corrected chi connectivity index (χ4v) is 2.60. The van der Waals surface area contributed by atoms with Gasteiger partial charge in [-0.2, -0.15) is 0 Å². The lowest BCUT2D eigenvalue weighted by Crippen LogP contribution is -2.19. The molecule has 5 heteroatoms. The molecule has 28 heavy (non-hydrogen) atoms. The lowest BCUT2D eigenvalue weighted by molar-refractivity contribution is -0.0161. The van der Waals surface area contributed by atoms with Crippen LogP contribution in [0.2, 0.25) is 5.02 Å². The average Bonchev–Trinajstić information content (AvgIpc) is 2.56. The number of rotatable bonds is 4. The van der Waals surface area contributed by atoms with Gasteiger partial charge in [0.2, 0.25) is 0 Å². The molecule has 0 heterocycles. The van der Waals surface area contributed by atoms with Crippen molar-refractivity contribution in [2.75, 3.05) is 0 Å². The van der Waals surface area contributed by atoms with Gasteiger partial charge in [-0.3, -0.25) is 0 Å². The number of hydrogen-bond donors (Lipinski definition) is 0. The van der Waals surface area contributed by atoms with E-state index in [1.807, 2.05) is 20.8 Å². The molecule has 0 fully saturated rings. The Kier molecular flexibility index (Phi) is 9.61. The highest BCUT2D eigenvalue weighted by Crippen LogP contribution is 2.20. The van der Waals surface area contributed by atoms with E-state index in [0.29, 0.717) is 17.2 Å². The van der Waals surface area contributed by atoms with Gasteiger partial charge in [0.05, 0.1) is 24.4 Å². The molecule has 2 aromatic rings. The summed E-state index contributed by atoms with van der Waals surface area (Å²) in [6.45, 7) is 15.0. The molecule has 0 atom stereocenters. The Morgan fingerprint density at radius 2 is 1.46 bits per heavy atom. The van der Waals surface area contributed by atoms with Crippen LogP contribution in [-0.4, -0.2) is 11.2 Å². The normalized spacial score (nSPS) is 11.8. The fourth-order valence-electron chi connectivity index (χ4n) is 1.97. The van der Waals surface area contributed by atoms with E-state index in [4.69, 9.17) is 21.1 Å². The standard InChI is InChI=1S/C12H17BrO.C11H14ClFO/c1-9-5-6-10(7-11(9)13)8-14-12(2,3)4;1-11(2,3)14-7-8-6-9(12)4-5-10(8)13/h5-7H,8H2,1-4H3;4-6H,7H2,1-3H3. The Morgan fingerprint density at radius 1 is 0.893 bits per heavy atom. The van der Waals surface area contributed by atoms with Gasteiger partial charge in [0, 0.05) is 15.1 Å². The van der Waals surface area contributed by atoms with Gasteiger partial charge in [-0.05, 0) is 83.9 Å². The number of ether oxygens (including phenoxy) is 2. The average molecular weight is 474 g/mol. The molecule has 2 nitrogen and oxygen atoms in total. The van der Waals surface area contributed by atoms with Crippen LogP contribution in [-0.2, 0) is 22.7 Å². The van der Waals surface area contributed by atoms with Crippen LogP contribution in [0.5, 0.6) is 0 Å².